The molecule has 0 saturated carbocycles. The van der Waals surface area contributed by atoms with E-state index in [4.69, 9.17) is 15.8 Å². The molecule has 10 rings (SSSR count). The third kappa shape index (κ3) is 16.9. The van der Waals surface area contributed by atoms with E-state index >= 15 is 0 Å². The number of carbonyl (C=O) groups excluding carboxylic acids is 5. The normalized spacial score (nSPS) is 16.1. The summed E-state index contributed by atoms with van der Waals surface area (Å²) >= 11 is 12.0. The molecule has 91 heavy (non-hydrogen) atoms. The number of hydrogen-bond acceptors (Lipinski definition) is 18. The molecule has 3 amide bonds. The molecule has 1 unspecified atom stereocenters. The molecule has 7 heterocycles. The van der Waals surface area contributed by atoms with Gasteiger partial charge in [-0.2, -0.15) is 0 Å². The van der Waals surface area contributed by atoms with Gasteiger partial charge in [0.1, 0.15) is 68.2 Å². The van der Waals surface area contributed by atoms with Gasteiger partial charge in [0.25, 0.3) is 0 Å². The van der Waals surface area contributed by atoms with Gasteiger partial charge in [-0.3, -0.25) is 24.0 Å². The minimum atomic E-state index is -0.778. The Morgan fingerprint density at radius 2 is 0.967 bits per heavy atom. The number of carbonyl (C=O) groups is 5. The Bertz CT molecular complexity index is 3660. The number of halogens is 6. The fraction of sp³-hybridized carbons (Fsp3) is 0.397. The summed E-state index contributed by atoms with van der Waals surface area (Å²) < 4.78 is 39.6. The summed E-state index contributed by atoms with van der Waals surface area (Å²) in [6, 6.07) is 16.2. The molecular formula is C63H76Br3CuF3N14O6S. The van der Waals surface area contributed by atoms with Crippen LogP contribution in [-0.4, -0.2) is 134 Å². The van der Waals surface area contributed by atoms with Crippen molar-refractivity contribution in [2.45, 2.75) is 137 Å². The van der Waals surface area contributed by atoms with Crippen LogP contribution in [0.5, 0.6) is 0 Å². The van der Waals surface area contributed by atoms with Gasteiger partial charge in [-0.1, -0.05) is 55.5 Å². The number of aliphatic hydroxyl groups excluding tert-OH is 1. The molecule has 3 aliphatic heterocycles. The van der Waals surface area contributed by atoms with Crippen LogP contribution in [0.15, 0.2) is 91.4 Å². The number of amides is 3. The average Bonchev–Trinajstić information content (AvgIpc) is 1.21. The molecule has 3 aromatic carbocycles. The molecule has 0 saturated heterocycles. The summed E-state index contributed by atoms with van der Waals surface area (Å²) in [7, 11) is 6.17. The van der Waals surface area contributed by atoms with Crippen molar-refractivity contribution in [3.8, 4) is 22.0 Å². The van der Waals surface area contributed by atoms with Crippen molar-refractivity contribution in [3.05, 3.63) is 132 Å². The summed E-state index contributed by atoms with van der Waals surface area (Å²) in [6.45, 7) is 18.0. The van der Waals surface area contributed by atoms with E-state index in [9.17, 15) is 37.1 Å². The number of benzene rings is 3. The molecule has 20 nitrogen and oxygen atoms in total. The predicted molar refractivity (Wildman–Crippen MR) is 362 cm³/mol. The zero-order valence-electron chi connectivity index (χ0n) is 51.9. The Balaban J connectivity index is 0.000000238. The van der Waals surface area contributed by atoms with E-state index in [0.29, 0.717) is 98.1 Å². The summed E-state index contributed by atoms with van der Waals surface area (Å²) in [5.74, 6) is 1.65. The molecule has 0 bridgehead atoms. The maximum absolute atomic E-state index is 13.4. The van der Waals surface area contributed by atoms with Gasteiger partial charge in [0.15, 0.2) is 45.8 Å². The summed E-state index contributed by atoms with van der Waals surface area (Å²) in [5.41, 5.74) is 10.0. The Hall–Kier alpha value is -6.81. The monoisotopic (exact) mass is 1510 g/mol. The van der Waals surface area contributed by atoms with Crippen LogP contribution in [0.25, 0.3) is 22.0 Å². The number of anilines is 7. The number of nitrogens with two attached hydrogens (primary N) is 1. The van der Waals surface area contributed by atoms with Gasteiger partial charge in [0.05, 0.1) is 30.7 Å². The van der Waals surface area contributed by atoms with Gasteiger partial charge in [-0.05, 0) is 134 Å². The van der Waals surface area contributed by atoms with Crippen molar-refractivity contribution < 1.29 is 53.6 Å². The van der Waals surface area contributed by atoms with Crippen molar-refractivity contribution in [1.29, 1.82) is 0 Å². The number of ketones is 2. The molecule has 3 aliphatic rings. The first-order valence-electron chi connectivity index (χ1n) is 28.6. The first-order chi connectivity index (χ1) is 42.8. The summed E-state index contributed by atoms with van der Waals surface area (Å²) in [5, 5.41) is 7.38. The van der Waals surface area contributed by atoms with Crippen LogP contribution >= 0.6 is 55.5 Å². The summed E-state index contributed by atoms with van der Waals surface area (Å²) in [4.78, 5) is 106. The molecular weight excluding hydrogens is 1440 g/mol. The number of thiazole rings is 1. The molecule has 7 aromatic rings. The molecule has 0 radical (unpaired) electrons. The standard InChI is InChI=1S/C21H23FN6OS.C20H22BrFN4O2.C20H23FN4O2.CH4O.CH4.2BrH.Cu/c1-5-14-20(29)27(4)15-10-24-18(26-19(15)28(14)11(2)3)17-16(25-21(23)30-17)12-6-8-13(22)9-7-12;1-5-14-20(28)25(4)15-10-23-18(24-19(15)26(14)11(2)3)16(21)17(27)12-6-8-13(22)9-7-12;1-5-15-20(27)24(4)16-11-22-18(23-19(16)25(15)12(2)3)10-17(26)13-6-8-14(21)9-7-13;1-2;;;;/h6-11,14H,5H2,1-4H3,(H2,23,25);6-11,14,16H,5H2,1-4H3;6-9,11-12,15H,5,10H2,1-4H3;2H,1H3;1H4;2*1H;/q;;;;;;;+2/p-2/t14-;14-,16?;15-;;;;;/m111...../s1. The van der Waals surface area contributed by atoms with Crippen molar-refractivity contribution in [2.75, 3.05) is 63.4 Å². The molecule has 493 valence electrons. The van der Waals surface area contributed by atoms with Crippen LogP contribution in [-0.2, 0) is 32.1 Å². The Kier molecular flexibility index (Phi) is 27.7. The van der Waals surface area contributed by atoms with Crippen LogP contribution in [0.4, 0.5) is 52.8 Å². The van der Waals surface area contributed by atoms with Crippen LogP contribution in [0.2, 0.25) is 0 Å². The Morgan fingerprint density at radius 1 is 0.593 bits per heavy atom. The molecule has 0 spiro atoms. The quantitative estimate of drug-likeness (QED) is 0.0584. The van der Waals surface area contributed by atoms with Crippen molar-refractivity contribution in [2.24, 2.45) is 0 Å². The van der Waals surface area contributed by atoms with Gasteiger partial charge < -0.3 is 40.2 Å². The van der Waals surface area contributed by atoms with Gasteiger partial charge in [0.2, 0.25) is 17.7 Å². The zero-order chi connectivity index (χ0) is 66.6. The van der Waals surface area contributed by atoms with Gasteiger partial charge in [-0.15, -0.1) is 0 Å². The number of aromatic nitrogens is 7. The molecule has 0 fully saturated rings. The molecule has 3 N–H and O–H groups in total. The second-order valence-corrected chi connectivity index (χ2v) is 28.1. The van der Waals surface area contributed by atoms with E-state index in [0.717, 1.165) is 12.7 Å². The van der Waals surface area contributed by atoms with Gasteiger partial charge in [-0.25, -0.2) is 48.1 Å². The molecule has 0 aliphatic carbocycles. The first-order valence-corrected chi connectivity index (χ1v) is 35.0. The van der Waals surface area contributed by atoms with Gasteiger partial charge in [0, 0.05) is 63.1 Å². The SMILES string of the molecule is C.CC[C@@H]1C(=O)N(C)c2cnc(-c3sc(N)nc3-c3ccc(F)cc3)nc2N1C(C)C.CC[C@@H]1C(=O)N(C)c2cnc(C(Br)C(=O)c3ccc(F)cc3)nc2N1C(C)C.CC[C@@H]1C(=O)N(C)c2cnc(CC(=O)c3ccc(F)cc3)nc2N1C(C)C.CO.[Br][Cu][Br]. The Labute approximate surface area is 562 Å². The predicted octanol–water partition coefficient (Wildman–Crippen LogP) is 12.8. The number of hydrogen-bond donors (Lipinski definition) is 2. The van der Waals surface area contributed by atoms with E-state index in [1.165, 1.54) is 83.3 Å². The fourth-order valence-electron chi connectivity index (χ4n) is 10.5. The number of alkyl halides is 1. The number of Topliss-reactive ketones (excluding diaryl/α,β-unsaturated/α-hetero) is 2. The fourth-order valence-corrected chi connectivity index (χ4v) is 11.8. The van der Waals surface area contributed by atoms with E-state index in [1.807, 2.05) is 77.0 Å². The number of nitrogens with zero attached hydrogens (tertiary/aromatic N) is 13. The van der Waals surface area contributed by atoms with Crippen LogP contribution in [0, 0.1) is 17.5 Å². The van der Waals surface area contributed by atoms with Crippen LogP contribution in [0.3, 0.4) is 0 Å². The minimum absolute atomic E-state index is 0. The molecule has 28 heteroatoms. The van der Waals surface area contributed by atoms with E-state index in [2.05, 4.69) is 74.1 Å². The number of aliphatic hydroxyl groups is 1. The van der Waals surface area contributed by atoms with Crippen molar-refractivity contribution >= 4 is 124 Å². The average molecular weight is 1520 g/mol. The Morgan fingerprint density at radius 3 is 1.38 bits per heavy atom. The van der Waals surface area contributed by atoms with Crippen LogP contribution < -0.4 is 35.1 Å². The third-order valence-corrected chi connectivity index (χ3v) is 16.6. The second kappa shape index (κ2) is 33.7. The molecule has 4 aromatic heterocycles. The van der Waals surface area contributed by atoms with Crippen LogP contribution in [0.1, 0.15) is 126 Å². The second-order valence-electron chi connectivity index (χ2n) is 21.4. The first kappa shape index (κ1) is 74.9. The zero-order valence-corrected chi connectivity index (χ0v) is 58.4. The summed E-state index contributed by atoms with van der Waals surface area (Å²) in [6.07, 6.45) is 6.83. The maximum atomic E-state index is 13.4. The number of rotatable bonds is 14. The molecule has 4 atom stereocenters. The number of fused-ring (bicyclic) bond motifs is 3. The van der Waals surface area contributed by atoms with Crippen molar-refractivity contribution in [3.63, 3.8) is 0 Å². The topological polar surface area (TPSA) is 241 Å². The third-order valence-electron chi connectivity index (χ3n) is 14.9. The van der Waals surface area contributed by atoms with E-state index in [-0.39, 0.29) is 91.0 Å². The van der Waals surface area contributed by atoms with Gasteiger partial charge >= 0.3 is 39.6 Å². The number of nitrogen functional groups attached to an aromatic ring is 1. The van der Waals surface area contributed by atoms with E-state index < -0.39 is 10.6 Å². The van der Waals surface area contributed by atoms with E-state index in [1.54, 1.807) is 66.6 Å². The number of likely N-dealkylation sites (N-methyl/N-ethyl adjacent to an activating group) is 3. The van der Waals surface area contributed by atoms with Crippen molar-refractivity contribution in [1.82, 2.24) is 34.9 Å².